The molecule has 1 fully saturated rings. The minimum atomic E-state index is -0.632. The standard InChI is InChI=1S/C21H25FN6O3S/c1-13(29)24-21(32)26-15-3-4-18(17(22)11-15)31-16-5-8-23-19(12-16)27-20(30)25-14-6-9-28(2)10-7-14/h3-5,8,11-12,14H,6-7,9-10H2,1-2H3,(H2,23,25,27,30)(H2,24,26,29,32). The van der Waals surface area contributed by atoms with Crippen LogP contribution in [-0.4, -0.2) is 53.1 Å². The molecule has 170 valence electrons. The summed E-state index contributed by atoms with van der Waals surface area (Å²) in [5.41, 5.74) is 0.358. The number of thiocarbonyl (C=S) groups is 1. The third-order valence-electron chi connectivity index (χ3n) is 4.73. The Labute approximate surface area is 190 Å². The number of nitrogens with zero attached hydrogens (tertiary/aromatic N) is 2. The molecule has 4 N–H and O–H groups in total. The molecule has 0 radical (unpaired) electrons. The highest BCUT2D eigenvalue weighted by atomic mass is 32.1. The van der Waals surface area contributed by atoms with E-state index >= 15 is 0 Å². The van der Waals surface area contributed by atoms with Crippen molar-refractivity contribution in [2.24, 2.45) is 0 Å². The van der Waals surface area contributed by atoms with E-state index in [1.807, 2.05) is 0 Å². The van der Waals surface area contributed by atoms with Gasteiger partial charge in [0.1, 0.15) is 11.6 Å². The number of halogens is 1. The summed E-state index contributed by atoms with van der Waals surface area (Å²) in [4.78, 5) is 29.6. The van der Waals surface area contributed by atoms with Gasteiger partial charge in [0.05, 0.1) is 0 Å². The highest BCUT2D eigenvalue weighted by molar-refractivity contribution is 7.80. The Balaban J connectivity index is 1.57. The minimum absolute atomic E-state index is 0.0195. The Morgan fingerprint density at radius 2 is 1.94 bits per heavy atom. The summed E-state index contributed by atoms with van der Waals surface area (Å²) >= 11 is 4.95. The first-order chi connectivity index (χ1) is 15.3. The molecule has 3 rings (SSSR count). The smallest absolute Gasteiger partial charge is 0.320 e. The molecule has 9 nitrogen and oxygen atoms in total. The van der Waals surface area contributed by atoms with Crippen molar-refractivity contribution < 1.29 is 18.7 Å². The summed E-state index contributed by atoms with van der Waals surface area (Å²) < 4.78 is 20.0. The molecule has 1 aliphatic rings. The molecule has 0 saturated carbocycles. The van der Waals surface area contributed by atoms with Crippen molar-refractivity contribution in [1.29, 1.82) is 0 Å². The van der Waals surface area contributed by atoms with E-state index in [4.69, 9.17) is 17.0 Å². The van der Waals surface area contributed by atoms with E-state index < -0.39 is 5.82 Å². The topological polar surface area (TPSA) is 108 Å². The second kappa shape index (κ2) is 10.8. The van der Waals surface area contributed by atoms with Gasteiger partial charge in [-0.25, -0.2) is 14.2 Å². The molecule has 3 amide bonds. The van der Waals surface area contributed by atoms with Crippen LogP contribution in [0.5, 0.6) is 11.5 Å². The van der Waals surface area contributed by atoms with Gasteiger partial charge in [-0.15, -0.1) is 0 Å². The van der Waals surface area contributed by atoms with E-state index in [2.05, 4.69) is 38.2 Å². The predicted molar refractivity (Wildman–Crippen MR) is 123 cm³/mol. The molecule has 2 aromatic rings. The third-order valence-corrected chi connectivity index (χ3v) is 4.94. The normalized spacial score (nSPS) is 14.3. The van der Waals surface area contributed by atoms with Crippen LogP contribution in [0.15, 0.2) is 36.5 Å². The Kier molecular flexibility index (Phi) is 7.90. The van der Waals surface area contributed by atoms with Gasteiger partial charge in [0.2, 0.25) is 5.91 Å². The van der Waals surface area contributed by atoms with E-state index in [1.165, 1.54) is 31.3 Å². The molecule has 0 unspecified atom stereocenters. The lowest BCUT2D eigenvalue weighted by Gasteiger charge is -2.29. The highest BCUT2D eigenvalue weighted by Gasteiger charge is 2.18. The molecule has 11 heteroatoms. The minimum Gasteiger partial charge on any atom is -0.454 e. The highest BCUT2D eigenvalue weighted by Crippen LogP contribution is 2.27. The van der Waals surface area contributed by atoms with Crippen LogP contribution in [0.4, 0.5) is 20.7 Å². The van der Waals surface area contributed by atoms with Gasteiger partial charge in [0.25, 0.3) is 0 Å². The predicted octanol–water partition coefficient (Wildman–Crippen LogP) is 3.06. The summed E-state index contributed by atoms with van der Waals surface area (Å²) in [6, 6.07) is 7.00. The number of rotatable bonds is 5. The van der Waals surface area contributed by atoms with E-state index in [0.717, 1.165) is 25.9 Å². The van der Waals surface area contributed by atoms with Gasteiger partial charge in [-0.1, -0.05) is 0 Å². The first-order valence-corrected chi connectivity index (χ1v) is 10.5. The zero-order chi connectivity index (χ0) is 23.1. The number of urea groups is 1. The average molecular weight is 461 g/mol. The molecule has 1 saturated heterocycles. The van der Waals surface area contributed by atoms with Crippen molar-refractivity contribution in [2.75, 3.05) is 30.8 Å². The van der Waals surface area contributed by atoms with Crippen molar-refractivity contribution in [3.8, 4) is 11.5 Å². The largest absolute Gasteiger partial charge is 0.454 e. The molecule has 0 aliphatic carbocycles. The molecule has 2 heterocycles. The van der Waals surface area contributed by atoms with Crippen molar-refractivity contribution in [1.82, 2.24) is 20.5 Å². The molecule has 32 heavy (non-hydrogen) atoms. The summed E-state index contributed by atoms with van der Waals surface area (Å²) in [5, 5.41) is 10.8. The number of likely N-dealkylation sites (tertiary alicyclic amines) is 1. The number of nitrogens with one attached hydrogen (secondary N) is 4. The SMILES string of the molecule is CC(=O)NC(=S)Nc1ccc(Oc2ccnc(NC(=O)NC3CCN(C)CC3)c2)c(F)c1. The molecule has 0 spiro atoms. The average Bonchev–Trinajstić information content (AvgIpc) is 2.71. The molecule has 1 aromatic carbocycles. The number of amides is 3. The van der Waals surface area contributed by atoms with Crippen LogP contribution in [-0.2, 0) is 4.79 Å². The quantitative estimate of drug-likeness (QED) is 0.508. The molecule has 1 aliphatic heterocycles. The fraction of sp³-hybridized carbons (Fsp3) is 0.333. The maximum absolute atomic E-state index is 14.5. The summed E-state index contributed by atoms with van der Waals surface area (Å²) in [5.74, 6) is -0.388. The van der Waals surface area contributed by atoms with Gasteiger partial charge in [0.15, 0.2) is 16.7 Å². The Hall–Kier alpha value is -3.31. The van der Waals surface area contributed by atoms with Crippen LogP contribution >= 0.6 is 12.2 Å². The molecule has 1 aromatic heterocycles. The Bertz CT molecular complexity index is 997. The van der Waals surface area contributed by atoms with Gasteiger partial charge >= 0.3 is 6.03 Å². The Morgan fingerprint density at radius 1 is 1.19 bits per heavy atom. The fourth-order valence-electron chi connectivity index (χ4n) is 3.14. The van der Waals surface area contributed by atoms with Crippen molar-refractivity contribution >= 4 is 40.8 Å². The maximum Gasteiger partial charge on any atom is 0.320 e. The van der Waals surface area contributed by atoms with E-state index in [-0.39, 0.29) is 34.7 Å². The number of anilines is 2. The number of benzene rings is 1. The number of carbonyl (C=O) groups excluding carboxylic acids is 2. The number of hydrogen-bond donors (Lipinski definition) is 4. The molecular weight excluding hydrogens is 435 g/mol. The van der Waals surface area contributed by atoms with Crippen molar-refractivity contribution in [3.63, 3.8) is 0 Å². The maximum atomic E-state index is 14.5. The van der Waals surface area contributed by atoms with Crippen molar-refractivity contribution in [3.05, 3.63) is 42.3 Å². The monoisotopic (exact) mass is 460 g/mol. The number of carbonyl (C=O) groups is 2. The summed E-state index contributed by atoms with van der Waals surface area (Å²) in [6.45, 7) is 3.19. The van der Waals surface area contributed by atoms with Crippen LogP contribution in [0, 0.1) is 5.82 Å². The number of pyridine rings is 1. The number of ether oxygens (including phenoxy) is 1. The summed E-state index contributed by atoms with van der Waals surface area (Å²) in [7, 11) is 2.05. The Morgan fingerprint density at radius 3 is 2.62 bits per heavy atom. The van der Waals surface area contributed by atoms with Crippen molar-refractivity contribution in [2.45, 2.75) is 25.8 Å². The zero-order valence-electron chi connectivity index (χ0n) is 17.8. The third kappa shape index (κ3) is 7.13. The second-order valence-electron chi connectivity index (χ2n) is 7.44. The fourth-order valence-corrected chi connectivity index (χ4v) is 3.41. The van der Waals surface area contributed by atoms with E-state index in [9.17, 15) is 14.0 Å². The van der Waals surface area contributed by atoms with Crippen LogP contribution in [0.2, 0.25) is 0 Å². The lowest BCUT2D eigenvalue weighted by Crippen LogP contribution is -2.44. The van der Waals surface area contributed by atoms with Crippen LogP contribution in [0.25, 0.3) is 0 Å². The lowest BCUT2D eigenvalue weighted by molar-refractivity contribution is -0.117. The summed E-state index contributed by atoms with van der Waals surface area (Å²) in [6.07, 6.45) is 3.24. The second-order valence-corrected chi connectivity index (χ2v) is 7.84. The van der Waals surface area contributed by atoms with Crippen LogP contribution in [0.3, 0.4) is 0 Å². The zero-order valence-corrected chi connectivity index (χ0v) is 18.6. The van der Waals surface area contributed by atoms with Crippen LogP contribution < -0.4 is 26.0 Å². The van der Waals surface area contributed by atoms with Crippen LogP contribution in [0.1, 0.15) is 19.8 Å². The van der Waals surface area contributed by atoms with E-state index in [1.54, 1.807) is 12.1 Å². The number of piperidine rings is 1. The van der Waals surface area contributed by atoms with E-state index in [0.29, 0.717) is 11.4 Å². The number of aromatic nitrogens is 1. The first kappa shape index (κ1) is 23.4. The molecular formula is C21H25FN6O3S. The number of hydrogen-bond acceptors (Lipinski definition) is 6. The molecule has 0 bridgehead atoms. The molecule has 0 atom stereocenters. The first-order valence-electron chi connectivity index (χ1n) is 10.1. The van der Waals surface area contributed by atoms with Gasteiger partial charge in [-0.3, -0.25) is 10.1 Å². The van der Waals surface area contributed by atoms with Gasteiger partial charge in [-0.05, 0) is 63.4 Å². The van der Waals surface area contributed by atoms with Gasteiger partial charge in [-0.2, -0.15) is 0 Å². The lowest BCUT2D eigenvalue weighted by atomic mass is 10.1. The van der Waals surface area contributed by atoms with Gasteiger partial charge in [0, 0.05) is 37.0 Å². The van der Waals surface area contributed by atoms with Gasteiger partial charge < -0.3 is 25.6 Å².